The highest BCUT2D eigenvalue weighted by molar-refractivity contribution is 5.82. The maximum atomic E-state index is 12.8. The number of esters is 2. The first-order chi connectivity index (χ1) is 15.8. The maximum absolute atomic E-state index is 12.8. The van der Waals surface area contributed by atoms with Crippen LogP contribution in [0.25, 0.3) is 0 Å². The Bertz CT molecular complexity index is 810. The van der Waals surface area contributed by atoms with Crippen molar-refractivity contribution in [2.24, 2.45) is 23.7 Å². The van der Waals surface area contributed by atoms with Gasteiger partial charge in [-0.1, -0.05) is 57.5 Å². The highest BCUT2D eigenvalue weighted by Gasteiger charge is 2.42. The lowest BCUT2D eigenvalue weighted by molar-refractivity contribution is -0.157. The monoisotopic (exact) mass is 459 g/mol. The predicted octanol–water partition coefficient (Wildman–Crippen LogP) is 4.58. The molecule has 0 bridgehead atoms. The summed E-state index contributed by atoms with van der Waals surface area (Å²) in [6.45, 7) is 6.94. The van der Waals surface area contributed by atoms with Crippen LogP contribution in [-0.4, -0.2) is 48.7 Å². The minimum absolute atomic E-state index is 0.0639. The van der Waals surface area contributed by atoms with Gasteiger partial charge >= 0.3 is 18.0 Å². The Morgan fingerprint density at radius 2 is 1.82 bits per heavy atom. The summed E-state index contributed by atoms with van der Waals surface area (Å²) in [6.07, 6.45) is 3.02. The van der Waals surface area contributed by atoms with E-state index < -0.39 is 18.1 Å². The molecule has 7 heteroatoms. The van der Waals surface area contributed by atoms with Crippen LogP contribution in [0.1, 0.15) is 58.4 Å². The van der Waals surface area contributed by atoms with Gasteiger partial charge in [0.1, 0.15) is 18.8 Å². The Morgan fingerprint density at radius 1 is 1.09 bits per heavy atom. The standard InChI is InChI=1S/C26H37NO6/c1-17(2)21-11-10-18(3)12-23(21)33-24(28)14-20-13-22(25(29)31-4)27(15-20)26(30)32-16-19-8-6-5-7-9-19/h5-9,17-18,20-23H,10-16H2,1-4H3/t18-,20?,21+,22-,23-/m0/s1. The largest absolute Gasteiger partial charge is 0.467 e. The molecular weight excluding hydrogens is 422 g/mol. The van der Waals surface area contributed by atoms with Crippen molar-refractivity contribution in [3.8, 4) is 0 Å². The zero-order chi connectivity index (χ0) is 24.0. The van der Waals surface area contributed by atoms with Crippen molar-refractivity contribution >= 4 is 18.0 Å². The van der Waals surface area contributed by atoms with E-state index >= 15 is 0 Å². The van der Waals surface area contributed by atoms with Crippen LogP contribution in [0, 0.1) is 23.7 Å². The van der Waals surface area contributed by atoms with Crippen molar-refractivity contribution in [2.75, 3.05) is 13.7 Å². The van der Waals surface area contributed by atoms with Gasteiger partial charge in [0.2, 0.25) is 0 Å². The van der Waals surface area contributed by atoms with Crippen LogP contribution in [0.2, 0.25) is 0 Å². The highest BCUT2D eigenvalue weighted by atomic mass is 16.6. The van der Waals surface area contributed by atoms with Gasteiger partial charge in [-0.25, -0.2) is 9.59 Å². The Hall–Kier alpha value is -2.57. The molecule has 33 heavy (non-hydrogen) atoms. The molecule has 1 unspecified atom stereocenters. The van der Waals surface area contributed by atoms with Crippen LogP contribution >= 0.6 is 0 Å². The smallest absolute Gasteiger partial charge is 0.410 e. The van der Waals surface area contributed by atoms with Gasteiger partial charge in [0, 0.05) is 6.54 Å². The van der Waals surface area contributed by atoms with Crippen LogP contribution in [0.15, 0.2) is 30.3 Å². The first-order valence-electron chi connectivity index (χ1n) is 12.0. The molecule has 0 spiro atoms. The number of rotatable bonds is 7. The SMILES string of the molecule is COC(=O)[C@@H]1CC(CC(=O)O[C@H]2C[C@@H](C)CC[C@@H]2C(C)C)CN1C(=O)OCc1ccccc1. The first-order valence-corrected chi connectivity index (χ1v) is 12.0. The van der Waals surface area contributed by atoms with Gasteiger partial charge in [0.05, 0.1) is 13.5 Å². The molecule has 3 rings (SSSR count). The van der Waals surface area contributed by atoms with Gasteiger partial charge < -0.3 is 14.2 Å². The van der Waals surface area contributed by atoms with Crippen molar-refractivity contribution in [1.82, 2.24) is 4.90 Å². The third kappa shape index (κ3) is 6.71. The van der Waals surface area contributed by atoms with Crippen LogP contribution in [0.3, 0.4) is 0 Å². The Balaban J connectivity index is 1.58. The minimum Gasteiger partial charge on any atom is -0.467 e. The first kappa shape index (κ1) is 25.1. The van der Waals surface area contributed by atoms with Crippen molar-refractivity contribution < 1.29 is 28.6 Å². The van der Waals surface area contributed by atoms with E-state index in [4.69, 9.17) is 14.2 Å². The zero-order valence-electron chi connectivity index (χ0n) is 20.2. The van der Waals surface area contributed by atoms with E-state index in [-0.39, 0.29) is 37.6 Å². The van der Waals surface area contributed by atoms with Crippen LogP contribution < -0.4 is 0 Å². The summed E-state index contributed by atoms with van der Waals surface area (Å²) in [5.74, 6) is 0.449. The second-order valence-corrected chi connectivity index (χ2v) is 9.89. The van der Waals surface area contributed by atoms with E-state index in [9.17, 15) is 14.4 Å². The van der Waals surface area contributed by atoms with Crippen LogP contribution in [-0.2, 0) is 30.4 Å². The van der Waals surface area contributed by atoms with E-state index in [0.717, 1.165) is 18.4 Å². The molecule has 1 aromatic carbocycles. The topological polar surface area (TPSA) is 82.1 Å². The van der Waals surface area contributed by atoms with Crippen LogP contribution in [0.5, 0.6) is 0 Å². The third-order valence-corrected chi connectivity index (χ3v) is 7.00. The van der Waals surface area contributed by atoms with E-state index in [2.05, 4.69) is 20.8 Å². The van der Waals surface area contributed by atoms with Gasteiger partial charge in [-0.2, -0.15) is 0 Å². The van der Waals surface area contributed by atoms with Crippen molar-refractivity contribution in [1.29, 1.82) is 0 Å². The molecule has 5 atom stereocenters. The van der Waals surface area contributed by atoms with Gasteiger partial charge in [-0.15, -0.1) is 0 Å². The fourth-order valence-electron chi connectivity index (χ4n) is 5.14. The molecule has 0 aromatic heterocycles. The number of carbonyl (C=O) groups excluding carboxylic acids is 3. The zero-order valence-corrected chi connectivity index (χ0v) is 20.2. The van der Waals surface area contributed by atoms with Crippen molar-refractivity contribution in [3.05, 3.63) is 35.9 Å². The molecule has 2 fully saturated rings. The van der Waals surface area contributed by atoms with E-state index in [1.54, 1.807) is 0 Å². The summed E-state index contributed by atoms with van der Waals surface area (Å²) in [5.41, 5.74) is 0.862. The lowest BCUT2D eigenvalue weighted by Gasteiger charge is -2.36. The molecule has 1 saturated carbocycles. The predicted molar refractivity (Wildman–Crippen MR) is 123 cm³/mol. The Kier molecular flexibility index (Phi) is 8.75. The van der Waals surface area contributed by atoms with Crippen molar-refractivity contribution in [3.63, 3.8) is 0 Å². The number of benzene rings is 1. The normalized spacial score (nSPS) is 27.3. The molecule has 1 heterocycles. The molecule has 1 saturated heterocycles. The van der Waals surface area contributed by atoms with E-state index in [1.165, 1.54) is 18.4 Å². The van der Waals surface area contributed by atoms with Gasteiger partial charge in [0.15, 0.2) is 0 Å². The average Bonchev–Trinajstić information content (AvgIpc) is 3.21. The fourth-order valence-corrected chi connectivity index (χ4v) is 5.14. The molecule has 1 aliphatic heterocycles. The van der Waals surface area contributed by atoms with Gasteiger partial charge in [-0.05, 0) is 48.5 Å². The van der Waals surface area contributed by atoms with Crippen LogP contribution in [0.4, 0.5) is 4.79 Å². The van der Waals surface area contributed by atoms with Gasteiger partial charge in [-0.3, -0.25) is 9.69 Å². The lowest BCUT2D eigenvalue weighted by atomic mass is 9.75. The number of ether oxygens (including phenoxy) is 3. The number of carbonyl (C=O) groups is 3. The number of hydrogen-bond acceptors (Lipinski definition) is 6. The fraction of sp³-hybridized carbons (Fsp3) is 0.654. The number of amides is 1. The number of nitrogens with zero attached hydrogens (tertiary/aromatic N) is 1. The molecule has 1 amide bonds. The minimum atomic E-state index is -0.755. The molecule has 182 valence electrons. The molecule has 7 nitrogen and oxygen atoms in total. The lowest BCUT2D eigenvalue weighted by Crippen LogP contribution is -2.41. The van der Waals surface area contributed by atoms with Gasteiger partial charge in [0.25, 0.3) is 0 Å². The quantitative estimate of drug-likeness (QED) is 0.438. The average molecular weight is 460 g/mol. The summed E-state index contributed by atoms with van der Waals surface area (Å²) in [4.78, 5) is 39.2. The highest BCUT2D eigenvalue weighted by Crippen LogP contribution is 2.36. The number of methoxy groups -OCH3 is 1. The number of likely N-dealkylation sites (tertiary alicyclic amines) is 1. The second-order valence-electron chi connectivity index (χ2n) is 9.89. The second kappa shape index (κ2) is 11.5. The summed E-state index contributed by atoms with van der Waals surface area (Å²) in [7, 11) is 1.30. The molecule has 0 N–H and O–H groups in total. The summed E-state index contributed by atoms with van der Waals surface area (Å²) < 4.78 is 16.3. The molecule has 1 aliphatic carbocycles. The molecule has 2 aliphatic rings. The molecule has 0 radical (unpaired) electrons. The number of hydrogen-bond donors (Lipinski definition) is 0. The molecular formula is C26H37NO6. The third-order valence-electron chi connectivity index (χ3n) is 7.00. The Labute approximate surface area is 196 Å². The summed E-state index contributed by atoms with van der Waals surface area (Å²) >= 11 is 0. The maximum Gasteiger partial charge on any atom is 0.410 e. The molecule has 1 aromatic rings. The summed E-state index contributed by atoms with van der Waals surface area (Å²) in [5, 5.41) is 0. The van der Waals surface area contributed by atoms with E-state index in [0.29, 0.717) is 24.2 Å². The van der Waals surface area contributed by atoms with E-state index in [1.807, 2.05) is 30.3 Å². The Morgan fingerprint density at radius 3 is 2.48 bits per heavy atom. The summed E-state index contributed by atoms with van der Waals surface area (Å²) in [6, 6.07) is 8.60. The van der Waals surface area contributed by atoms with Crippen molar-refractivity contribution in [2.45, 2.75) is 71.6 Å².